The highest BCUT2D eigenvalue weighted by Gasteiger charge is 2.28. The molecule has 1 aliphatic carbocycles. The van der Waals surface area contributed by atoms with Crippen molar-refractivity contribution in [2.24, 2.45) is 0 Å². The lowest BCUT2D eigenvalue weighted by Gasteiger charge is -2.33. The van der Waals surface area contributed by atoms with Gasteiger partial charge in [-0.15, -0.1) is 0 Å². The zero-order valence-corrected chi connectivity index (χ0v) is 14.6. The van der Waals surface area contributed by atoms with Gasteiger partial charge in [0.15, 0.2) is 0 Å². The molecule has 1 saturated heterocycles. The number of aromatic nitrogens is 1. The molecule has 0 spiro atoms. The van der Waals surface area contributed by atoms with E-state index < -0.39 is 0 Å². The number of carbonyl (C=O) groups is 1. The van der Waals surface area contributed by atoms with E-state index in [4.69, 9.17) is 0 Å². The number of piperazine rings is 1. The van der Waals surface area contributed by atoms with Crippen molar-refractivity contribution < 1.29 is 4.79 Å². The molecular formula is C20H24N4O. The van der Waals surface area contributed by atoms with Crippen molar-refractivity contribution in [2.45, 2.75) is 18.8 Å². The summed E-state index contributed by atoms with van der Waals surface area (Å²) in [5, 5.41) is 2.99. The molecule has 1 aliphatic heterocycles. The molecule has 25 heavy (non-hydrogen) atoms. The van der Waals surface area contributed by atoms with E-state index in [1.54, 1.807) is 0 Å². The highest BCUT2D eigenvalue weighted by Crippen LogP contribution is 2.33. The van der Waals surface area contributed by atoms with E-state index in [0.29, 0.717) is 5.82 Å². The number of pyridine rings is 1. The molecule has 1 aromatic carbocycles. The predicted molar refractivity (Wildman–Crippen MR) is 100 cm³/mol. The number of benzene rings is 1. The molecule has 2 heterocycles. The van der Waals surface area contributed by atoms with Crippen LogP contribution >= 0.6 is 0 Å². The SMILES string of the molecule is CN1CCN(c2ccc(NC(=O)C3CCc4ccccc43)nc2)CC1. The number of amides is 1. The number of carbonyl (C=O) groups excluding carboxylic acids is 1. The van der Waals surface area contributed by atoms with Gasteiger partial charge in [0.2, 0.25) is 5.91 Å². The van der Waals surface area contributed by atoms with E-state index in [-0.39, 0.29) is 11.8 Å². The lowest BCUT2D eigenvalue weighted by atomic mass is 10.0. The minimum absolute atomic E-state index is 0.0461. The van der Waals surface area contributed by atoms with Crippen molar-refractivity contribution in [3.63, 3.8) is 0 Å². The first-order valence-corrected chi connectivity index (χ1v) is 8.99. The summed E-state index contributed by atoms with van der Waals surface area (Å²) in [4.78, 5) is 21.8. The number of nitrogens with one attached hydrogen (secondary N) is 1. The number of rotatable bonds is 3. The number of anilines is 2. The normalized spacial score (nSPS) is 20.4. The highest BCUT2D eigenvalue weighted by molar-refractivity contribution is 5.95. The minimum atomic E-state index is -0.0599. The van der Waals surface area contributed by atoms with Gasteiger partial charge in [-0.1, -0.05) is 24.3 Å². The summed E-state index contributed by atoms with van der Waals surface area (Å²) in [5.41, 5.74) is 3.58. The first-order chi connectivity index (χ1) is 12.2. The molecule has 5 heteroatoms. The summed E-state index contributed by atoms with van der Waals surface area (Å²) < 4.78 is 0. The molecule has 1 amide bonds. The maximum Gasteiger partial charge on any atom is 0.233 e. The number of aryl methyl sites for hydroxylation is 1. The Hall–Kier alpha value is -2.40. The first kappa shape index (κ1) is 16.1. The van der Waals surface area contributed by atoms with Crippen molar-refractivity contribution in [1.29, 1.82) is 0 Å². The molecular weight excluding hydrogens is 312 g/mol. The summed E-state index contributed by atoms with van der Waals surface area (Å²) in [6, 6.07) is 12.2. The number of nitrogens with zero attached hydrogens (tertiary/aromatic N) is 3. The fourth-order valence-corrected chi connectivity index (χ4v) is 3.75. The van der Waals surface area contributed by atoms with Gasteiger partial charge in [0.05, 0.1) is 17.8 Å². The van der Waals surface area contributed by atoms with Gasteiger partial charge in [0.1, 0.15) is 5.82 Å². The zero-order chi connectivity index (χ0) is 17.2. The van der Waals surface area contributed by atoms with E-state index in [0.717, 1.165) is 50.3 Å². The monoisotopic (exact) mass is 336 g/mol. The number of hydrogen-bond acceptors (Lipinski definition) is 4. The Morgan fingerprint density at radius 3 is 2.68 bits per heavy atom. The Balaban J connectivity index is 1.41. The summed E-state index contributed by atoms with van der Waals surface area (Å²) in [5.74, 6) is 0.618. The molecule has 0 saturated carbocycles. The molecule has 1 fully saturated rings. The van der Waals surface area contributed by atoms with E-state index in [2.05, 4.69) is 45.3 Å². The molecule has 5 nitrogen and oxygen atoms in total. The largest absolute Gasteiger partial charge is 0.368 e. The number of fused-ring (bicyclic) bond motifs is 1. The van der Waals surface area contributed by atoms with Crippen LogP contribution in [0, 0.1) is 0 Å². The van der Waals surface area contributed by atoms with Gasteiger partial charge in [-0.25, -0.2) is 4.98 Å². The van der Waals surface area contributed by atoms with Crippen LogP contribution < -0.4 is 10.2 Å². The molecule has 2 aromatic rings. The van der Waals surface area contributed by atoms with Gasteiger partial charge in [0, 0.05) is 26.2 Å². The quantitative estimate of drug-likeness (QED) is 0.936. The minimum Gasteiger partial charge on any atom is -0.368 e. The van der Waals surface area contributed by atoms with Crippen molar-refractivity contribution in [3.05, 3.63) is 53.7 Å². The fourth-order valence-electron chi connectivity index (χ4n) is 3.75. The maximum absolute atomic E-state index is 12.6. The lowest BCUT2D eigenvalue weighted by Crippen LogP contribution is -2.44. The van der Waals surface area contributed by atoms with Gasteiger partial charge in [-0.2, -0.15) is 0 Å². The third kappa shape index (κ3) is 3.37. The Bertz CT molecular complexity index is 751. The molecule has 130 valence electrons. The van der Waals surface area contributed by atoms with Crippen LogP contribution in [-0.2, 0) is 11.2 Å². The van der Waals surface area contributed by atoms with Crippen molar-refractivity contribution >= 4 is 17.4 Å². The van der Waals surface area contributed by atoms with Crippen molar-refractivity contribution in [1.82, 2.24) is 9.88 Å². The van der Waals surface area contributed by atoms with E-state index in [1.165, 1.54) is 5.56 Å². The van der Waals surface area contributed by atoms with Crippen LogP contribution in [0.3, 0.4) is 0 Å². The van der Waals surface area contributed by atoms with E-state index in [9.17, 15) is 4.79 Å². The molecule has 2 aliphatic rings. The highest BCUT2D eigenvalue weighted by atomic mass is 16.1. The van der Waals surface area contributed by atoms with Crippen LogP contribution in [0.2, 0.25) is 0 Å². The Morgan fingerprint density at radius 1 is 1.12 bits per heavy atom. The average molecular weight is 336 g/mol. The van der Waals surface area contributed by atoms with Crippen molar-refractivity contribution in [3.8, 4) is 0 Å². The first-order valence-electron chi connectivity index (χ1n) is 8.99. The molecule has 4 rings (SSSR count). The second kappa shape index (κ2) is 6.84. The fraction of sp³-hybridized carbons (Fsp3) is 0.400. The third-order valence-electron chi connectivity index (χ3n) is 5.32. The summed E-state index contributed by atoms with van der Waals surface area (Å²) >= 11 is 0. The number of likely N-dealkylation sites (N-methyl/N-ethyl adjacent to an activating group) is 1. The van der Waals surface area contributed by atoms with Crippen LogP contribution in [0.15, 0.2) is 42.6 Å². The summed E-state index contributed by atoms with van der Waals surface area (Å²) in [7, 11) is 2.15. The molecule has 1 aromatic heterocycles. The smallest absolute Gasteiger partial charge is 0.233 e. The molecule has 0 radical (unpaired) electrons. The van der Waals surface area contributed by atoms with Crippen LogP contribution in [0.25, 0.3) is 0 Å². The molecule has 0 bridgehead atoms. The van der Waals surface area contributed by atoms with Gasteiger partial charge in [0.25, 0.3) is 0 Å². The maximum atomic E-state index is 12.6. The van der Waals surface area contributed by atoms with Crippen molar-refractivity contribution in [2.75, 3.05) is 43.4 Å². The van der Waals surface area contributed by atoms with E-state index >= 15 is 0 Å². The van der Waals surface area contributed by atoms with Crippen LogP contribution in [0.5, 0.6) is 0 Å². The molecule has 1 atom stereocenters. The van der Waals surface area contributed by atoms with Crippen LogP contribution in [0.4, 0.5) is 11.5 Å². The van der Waals surface area contributed by atoms with Crippen LogP contribution in [0.1, 0.15) is 23.5 Å². The standard InChI is InChI=1S/C20H24N4O/c1-23-10-12-24(13-11-23)16-7-9-19(21-14-16)22-20(25)18-8-6-15-4-2-3-5-17(15)18/h2-5,7,9,14,18H,6,8,10-13H2,1H3,(H,21,22,25). The van der Waals surface area contributed by atoms with Gasteiger partial charge in [-0.3, -0.25) is 4.79 Å². The number of hydrogen-bond donors (Lipinski definition) is 1. The van der Waals surface area contributed by atoms with Crippen LogP contribution in [-0.4, -0.2) is 49.0 Å². The average Bonchev–Trinajstić information content (AvgIpc) is 3.07. The predicted octanol–water partition coefficient (Wildman–Crippen LogP) is 2.50. The van der Waals surface area contributed by atoms with Gasteiger partial charge >= 0.3 is 0 Å². The zero-order valence-electron chi connectivity index (χ0n) is 14.6. The second-order valence-corrected chi connectivity index (χ2v) is 6.97. The third-order valence-corrected chi connectivity index (χ3v) is 5.32. The molecule has 1 unspecified atom stereocenters. The Kier molecular flexibility index (Phi) is 4.40. The lowest BCUT2D eigenvalue weighted by molar-refractivity contribution is -0.117. The second-order valence-electron chi connectivity index (χ2n) is 6.97. The summed E-state index contributed by atoms with van der Waals surface area (Å²) in [6.45, 7) is 4.17. The van der Waals surface area contributed by atoms with Gasteiger partial charge < -0.3 is 15.1 Å². The topological polar surface area (TPSA) is 48.5 Å². The Morgan fingerprint density at radius 2 is 1.92 bits per heavy atom. The van der Waals surface area contributed by atoms with Gasteiger partial charge in [-0.05, 0) is 43.1 Å². The summed E-state index contributed by atoms with van der Waals surface area (Å²) in [6.07, 6.45) is 3.72. The molecule has 1 N–H and O–H groups in total. The Labute approximate surface area is 148 Å². The van der Waals surface area contributed by atoms with E-state index in [1.807, 2.05) is 24.4 Å².